The number of aromatic nitrogens is 4. The van der Waals surface area contributed by atoms with Gasteiger partial charge in [-0.15, -0.1) is 0 Å². The van der Waals surface area contributed by atoms with Crippen LogP contribution in [-0.4, -0.2) is 32.6 Å². The molecule has 8 nitrogen and oxygen atoms in total. The number of aryl methyl sites for hydroxylation is 1. The second kappa shape index (κ2) is 8.10. The van der Waals surface area contributed by atoms with Crippen LogP contribution in [-0.2, 0) is 18.5 Å². The molecule has 0 atom stereocenters. The molecule has 1 heterocycles. The molecule has 1 fully saturated rings. The minimum atomic E-state index is -0.500. The van der Waals surface area contributed by atoms with E-state index in [9.17, 15) is 9.18 Å². The first-order valence-corrected chi connectivity index (χ1v) is 9.61. The molecule has 1 aliphatic carbocycles. The molecule has 1 aliphatic rings. The van der Waals surface area contributed by atoms with Gasteiger partial charge < -0.3 is 9.57 Å². The number of rotatable bonds is 7. The van der Waals surface area contributed by atoms with Gasteiger partial charge >= 0.3 is 5.69 Å². The molecular formula is C21H22FN5O3. The van der Waals surface area contributed by atoms with Gasteiger partial charge in [0.1, 0.15) is 13.7 Å². The van der Waals surface area contributed by atoms with Crippen LogP contribution in [0.25, 0.3) is 5.69 Å². The van der Waals surface area contributed by atoms with Crippen LogP contribution in [0.4, 0.5) is 4.39 Å². The van der Waals surface area contributed by atoms with Gasteiger partial charge in [0.15, 0.2) is 11.6 Å². The van der Waals surface area contributed by atoms with E-state index in [0.717, 1.165) is 28.7 Å². The minimum Gasteiger partial charge on any atom is -0.486 e. The van der Waals surface area contributed by atoms with Gasteiger partial charge in [0.25, 0.3) is 0 Å². The Morgan fingerprint density at radius 2 is 2.07 bits per heavy atom. The Morgan fingerprint density at radius 3 is 2.70 bits per heavy atom. The van der Waals surface area contributed by atoms with Gasteiger partial charge in [0, 0.05) is 18.2 Å². The molecule has 0 saturated heterocycles. The fraction of sp³-hybridized carbons (Fsp3) is 0.333. The second-order valence-corrected chi connectivity index (χ2v) is 7.21. The van der Waals surface area contributed by atoms with Crippen molar-refractivity contribution in [2.75, 3.05) is 7.11 Å². The Hall–Kier alpha value is -3.49. The lowest BCUT2D eigenvalue weighted by atomic mass is 10.0. The fourth-order valence-corrected chi connectivity index (χ4v) is 3.37. The first kappa shape index (κ1) is 19.8. The van der Waals surface area contributed by atoms with E-state index in [-0.39, 0.29) is 18.0 Å². The molecule has 156 valence electrons. The summed E-state index contributed by atoms with van der Waals surface area (Å²) in [5.41, 5.74) is 3.30. The predicted octanol–water partition coefficient (Wildman–Crippen LogP) is 2.93. The van der Waals surface area contributed by atoms with Crippen LogP contribution in [0.5, 0.6) is 5.75 Å². The Morgan fingerprint density at radius 1 is 1.27 bits per heavy atom. The van der Waals surface area contributed by atoms with Gasteiger partial charge in [0.05, 0.1) is 11.4 Å². The highest BCUT2D eigenvalue weighted by molar-refractivity contribution is 5.98. The van der Waals surface area contributed by atoms with E-state index in [0.29, 0.717) is 22.9 Å². The van der Waals surface area contributed by atoms with Crippen LogP contribution >= 0.6 is 0 Å². The molecule has 3 aromatic rings. The van der Waals surface area contributed by atoms with Crippen LogP contribution in [0, 0.1) is 5.82 Å². The van der Waals surface area contributed by atoms with Crippen molar-refractivity contribution < 1.29 is 14.0 Å². The summed E-state index contributed by atoms with van der Waals surface area (Å²) in [5.74, 6) is 0.0309. The van der Waals surface area contributed by atoms with Gasteiger partial charge in [-0.3, -0.25) is 0 Å². The zero-order valence-electron chi connectivity index (χ0n) is 17.0. The Balaban J connectivity index is 1.66. The smallest absolute Gasteiger partial charge is 0.368 e. The molecule has 0 aliphatic heterocycles. The van der Waals surface area contributed by atoms with E-state index in [2.05, 4.69) is 15.6 Å². The number of benzene rings is 2. The Labute approximate surface area is 172 Å². The van der Waals surface area contributed by atoms with E-state index in [1.54, 1.807) is 32.2 Å². The summed E-state index contributed by atoms with van der Waals surface area (Å²) in [7, 11) is 2.98. The zero-order valence-corrected chi connectivity index (χ0v) is 17.0. The number of oxime groups is 1. The van der Waals surface area contributed by atoms with Crippen molar-refractivity contribution in [3.8, 4) is 11.4 Å². The predicted molar refractivity (Wildman–Crippen MR) is 109 cm³/mol. The van der Waals surface area contributed by atoms with Crippen molar-refractivity contribution in [2.45, 2.75) is 32.3 Å². The molecule has 0 spiro atoms. The molecule has 0 amide bonds. The summed E-state index contributed by atoms with van der Waals surface area (Å²) >= 11 is 0. The highest BCUT2D eigenvalue weighted by Gasteiger charge is 2.28. The Bertz CT molecular complexity index is 1160. The van der Waals surface area contributed by atoms with Crippen LogP contribution in [0.3, 0.4) is 0 Å². The monoisotopic (exact) mass is 411 g/mol. The zero-order chi connectivity index (χ0) is 21.3. The van der Waals surface area contributed by atoms with Crippen LogP contribution in [0.15, 0.2) is 46.3 Å². The molecule has 1 saturated carbocycles. The summed E-state index contributed by atoms with van der Waals surface area (Å²) in [6, 6.07) is 10.3. The SMILES string of the molecule is CO/N=C(\C)c1ccc(OCc2c(C3CC3)cccc2-n2nnn(C)c2=O)c(F)c1. The van der Waals surface area contributed by atoms with E-state index in [1.165, 1.54) is 17.9 Å². The molecule has 0 radical (unpaired) electrons. The van der Waals surface area contributed by atoms with E-state index >= 15 is 0 Å². The summed E-state index contributed by atoms with van der Waals surface area (Å²) in [6.07, 6.45) is 2.15. The maximum absolute atomic E-state index is 14.6. The molecule has 1 aromatic heterocycles. The van der Waals surface area contributed by atoms with E-state index < -0.39 is 5.82 Å². The molecule has 0 unspecified atom stereocenters. The van der Waals surface area contributed by atoms with Crippen molar-refractivity contribution in [3.63, 3.8) is 0 Å². The number of hydrogen-bond acceptors (Lipinski definition) is 6. The number of hydrogen-bond donors (Lipinski definition) is 0. The van der Waals surface area contributed by atoms with Crippen LogP contribution < -0.4 is 10.4 Å². The van der Waals surface area contributed by atoms with E-state index in [1.807, 2.05) is 12.1 Å². The van der Waals surface area contributed by atoms with Crippen molar-refractivity contribution >= 4 is 5.71 Å². The third kappa shape index (κ3) is 3.83. The second-order valence-electron chi connectivity index (χ2n) is 7.21. The standard InChI is InChI=1S/C21H22FN5O3/c1-13(23-29-3)15-9-10-20(18(22)11-15)30-12-17-16(14-7-8-14)5-4-6-19(17)27-21(28)26(2)24-25-27/h4-6,9-11,14H,7-8,12H2,1-3H3/b23-13+. The summed E-state index contributed by atoms with van der Waals surface area (Å²) in [4.78, 5) is 17.1. The van der Waals surface area contributed by atoms with Crippen molar-refractivity contribution in [2.24, 2.45) is 12.2 Å². The van der Waals surface area contributed by atoms with Crippen LogP contribution in [0.2, 0.25) is 0 Å². The van der Waals surface area contributed by atoms with Gasteiger partial charge in [-0.2, -0.15) is 9.36 Å². The first-order chi connectivity index (χ1) is 14.5. The number of tetrazole rings is 1. The van der Waals surface area contributed by atoms with Crippen LogP contribution in [0.1, 0.15) is 42.4 Å². The van der Waals surface area contributed by atoms with Crippen molar-refractivity contribution in [1.29, 1.82) is 0 Å². The lowest BCUT2D eigenvalue weighted by molar-refractivity contribution is 0.213. The normalized spacial score (nSPS) is 14.1. The molecule has 30 heavy (non-hydrogen) atoms. The average Bonchev–Trinajstić information content (AvgIpc) is 3.53. The third-order valence-corrected chi connectivity index (χ3v) is 5.10. The summed E-state index contributed by atoms with van der Waals surface area (Å²) < 4.78 is 22.9. The first-order valence-electron chi connectivity index (χ1n) is 9.61. The third-order valence-electron chi connectivity index (χ3n) is 5.10. The van der Waals surface area contributed by atoms with Gasteiger partial charge in [0.2, 0.25) is 0 Å². The van der Waals surface area contributed by atoms with Crippen molar-refractivity contribution in [1.82, 2.24) is 19.8 Å². The highest BCUT2D eigenvalue weighted by atomic mass is 19.1. The maximum atomic E-state index is 14.6. The fourth-order valence-electron chi connectivity index (χ4n) is 3.37. The lowest BCUT2D eigenvalue weighted by Crippen LogP contribution is -2.23. The summed E-state index contributed by atoms with van der Waals surface area (Å²) in [6.45, 7) is 1.84. The minimum absolute atomic E-state index is 0.104. The number of nitrogens with zero attached hydrogens (tertiary/aromatic N) is 5. The molecule has 0 bridgehead atoms. The van der Waals surface area contributed by atoms with Gasteiger partial charge in [-0.25, -0.2) is 9.18 Å². The maximum Gasteiger partial charge on any atom is 0.368 e. The highest BCUT2D eigenvalue weighted by Crippen LogP contribution is 2.43. The average molecular weight is 411 g/mol. The number of ether oxygens (including phenoxy) is 1. The Kier molecular flexibility index (Phi) is 5.35. The molecule has 9 heteroatoms. The van der Waals surface area contributed by atoms with Crippen molar-refractivity contribution in [3.05, 3.63) is 69.4 Å². The van der Waals surface area contributed by atoms with Gasteiger partial charge in [-0.1, -0.05) is 17.3 Å². The molecule has 2 aromatic carbocycles. The lowest BCUT2D eigenvalue weighted by Gasteiger charge is -2.15. The summed E-state index contributed by atoms with van der Waals surface area (Å²) in [5, 5.41) is 11.6. The largest absolute Gasteiger partial charge is 0.486 e. The number of halogens is 1. The van der Waals surface area contributed by atoms with Gasteiger partial charge in [-0.05, 0) is 65.9 Å². The van der Waals surface area contributed by atoms with E-state index in [4.69, 9.17) is 9.57 Å². The molecule has 4 rings (SSSR count). The topological polar surface area (TPSA) is 83.5 Å². The molecule has 0 N–H and O–H groups in total. The molecular weight excluding hydrogens is 389 g/mol. The quantitative estimate of drug-likeness (QED) is 0.441.